The van der Waals surface area contributed by atoms with Crippen molar-refractivity contribution in [1.82, 2.24) is 4.90 Å². The first-order valence-electron chi connectivity index (χ1n) is 12.8. The van der Waals surface area contributed by atoms with Crippen molar-refractivity contribution in [3.8, 4) is 5.75 Å². The van der Waals surface area contributed by atoms with E-state index in [1.54, 1.807) is 43.3 Å². The number of carbonyl (C=O) groups is 4. The molecule has 6 rings (SSSR count). The molecule has 1 saturated heterocycles. The fraction of sp³-hybridized carbons (Fsp3) is 0.333. The molecule has 0 saturated carbocycles. The molecule has 2 N–H and O–H groups in total. The number of amides is 2. The number of phenols is 1. The highest BCUT2D eigenvalue weighted by Gasteiger charge is 2.56. The molecular weight excluding hydrogens is 486 g/mol. The van der Waals surface area contributed by atoms with Crippen molar-refractivity contribution in [2.75, 3.05) is 6.54 Å². The quantitative estimate of drug-likeness (QED) is 0.357. The van der Waals surface area contributed by atoms with Gasteiger partial charge in [0.2, 0.25) is 11.8 Å². The lowest BCUT2D eigenvalue weighted by Gasteiger charge is -2.41. The highest BCUT2D eigenvalue weighted by Crippen LogP contribution is 2.55. The van der Waals surface area contributed by atoms with E-state index in [9.17, 15) is 29.4 Å². The Labute approximate surface area is 218 Å². The Hall–Kier alpha value is -4.04. The van der Waals surface area contributed by atoms with Crippen LogP contribution in [0.4, 0.5) is 0 Å². The number of ketones is 2. The van der Waals surface area contributed by atoms with Gasteiger partial charge in [-0.15, -0.1) is 0 Å². The molecule has 0 bridgehead atoms. The topological polar surface area (TPSA) is 125 Å². The first kappa shape index (κ1) is 24.3. The predicted molar refractivity (Wildman–Crippen MR) is 134 cm³/mol. The molecule has 1 aromatic carbocycles. The molecule has 4 aliphatic rings. The molecule has 2 heterocycles. The molecule has 0 unspecified atom stereocenters. The van der Waals surface area contributed by atoms with E-state index in [0.29, 0.717) is 41.1 Å². The lowest BCUT2D eigenvalue weighted by Crippen LogP contribution is -2.39. The predicted octanol–water partition coefficient (Wildman–Crippen LogP) is 3.15. The summed E-state index contributed by atoms with van der Waals surface area (Å²) in [7, 11) is 0. The minimum absolute atomic E-state index is 0.149. The van der Waals surface area contributed by atoms with Gasteiger partial charge in [0, 0.05) is 23.3 Å². The molecule has 2 amide bonds. The molecule has 3 aliphatic carbocycles. The zero-order chi connectivity index (χ0) is 26.7. The standard InChI is InChI=1S/C30H27NO7/c1-15-12-23(34)22-13-21-19(26(27(22)28(15)35)24-9-6-18(14-32)38-24)7-8-20-25(21)30(37)31(29(20)36)11-10-16-2-4-17(33)5-3-16/h2-7,9,12,20-21,25-26,32-33H,8,10-11,13-14H2,1H3/t20-,21+,25-,26+/m0/s1. The van der Waals surface area contributed by atoms with E-state index in [-0.39, 0.29) is 48.7 Å². The smallest absolute Gasteiger partial charge is 0.233 e. The monoisotopic (exact) mass is 513 g/mol. The van der Waals surface area contributed by atoms with Crippen LogP contribution in [0.15, 0.2) is 75.3 Å². The number of fused-ring (bicyclic) bond motifs is 3. The van der Waals surface area contributed by atoms with Crippen LogP contribution in [0.3, 0.4) is 0 Å². The van der Waals surface area contributed by atoms with Crippen LogP contribution < -0.4 is 0 Å². The number of rotatable bonds is 5. The average molecular weight is 514 g/mol. The van der Waals surface area contributed by atoms with Gasteiger partial charge in [-0.3, -0.25) is 24.1 Å². The van der Waals surface area contributed by atoms with Crippen LogP contribution in [0.1, 0.15) is 42.8 Å². The summed E-state index contributed by atoms with van der Waals surface area (Å²) >= 11 is 0. The minimum Gasteiger partial charge on any atom is -0.508 e. The second-order valence-corrected chi connectivity index (χ2v) is 10.4. The van der Waals surface area contributed by atoms with Crippen LogP contribution in [0.5, 0.6) is 5.75 Å². The third-order valence-electron chi connectivity index (χ3n) is 8.34. The molecule has 194 valence electrons. The molecule has 8 nitrogen and oxygen atoms in total. The van der Waals surface area contributed by atoms with E-state index < -0.39 is 23.7 Å². The Morgan fingerprint density at radius 1 is 1.00 bits per heavy atom. The van der Waals surface area contributed by atoms with Crippen molar-refractivity contribution < 1.29 is 33.8 Å². The van der Waals surface area contributed by atoms with Gasteiger partial charge in [0.1, 0.15) is 23.9 Å². The van der Waals surface area contributed by atoms with Gasteiger partial charge in [-0.05, 0) is 68.0 Å². The lowest BCUT2D eigenvalue weighted by atomic mass is 9.60. The van der Waals surface area contributed by atoms with Crippen LogP contribution in [-0.2, 0) is 32.2 Å². The number of aromatic hydroxyl groups is 1. The Morgan fingerprint density at radius 2 is 1.76 bits per heavy atom. The summed E-state index contributed by atoms with van der Waals surface area (Å²) in [5, 5.41) is 19.1. The van der Waals surface area contributed by atoms with Crippen molar-refractivity contribution in [2.24, 2.45) is 17.8 Å². The largest absolute Gasteiger partial charge is 0.508 e. The zero-order valence-corrected chi connectivity index (χ0v) is 20.8. The van der Waals surface area contributed by atoms with Gasteiger partial charge >= 0.3 is 0 Å². The highest BCUT2D eigenvalue weighted by molar-refractivity contribution is 6.23. The number of allylic oxidation sites excluding steroid dienone is 6. The maximum absolute atomic E-state index is 13.7. The Bertz CT molecular complexity index is 1470. The summed E-state index contributed by atoms with van der Waals surface area (Å²) in [5.74, 6) is -2.23. The molecule has 1 aliphatic heterocycles. The van der Waals surface area contributed by atoms with Crippen LogP contribution in [0, 0.1) is 17.8 Å². The molecule has 1 fully saturated rings. The van der Waals surface area contributed by atoms with Gasteiger partial charge < -0.3 is 14.6 Å². The third kappa shape index (κ3) is 3.70. The van der Waals surface area contributed by atoms with Gasteiger partial charge in [-0.2, -0.15) is 0 Å². The van der Waals surface area contributed by atoms with Gasteiger partial charge in [0.25, 0.3) is 0 Å². The Kier molecular flexibility index (Phi) is 5.79. The Morgan fingerprint density at radius 3 is 2.47 bits per heavy atom. The molecule has 38 heavy (non-hydrogen) atoms. The van der Waals surface area contributed by atoms with E-state index in [0.717, 1.165) is 11.1 Å². The number of phenolic OH excluding ortho intramolecular Hbond substituents is 1. The van der Waals surface area contributed by atoms with Gasteiger partial charge in [0.15, 0.2) is 11.6 Å². The van der Waals surface area contributed by atoms with E-state index in [4.69, 9.17) is 4.42 Å². The highest BCUT2D eigenvalue weighted by atomic mass is 16.4. The molecule has 1 aromatic heterocycles. The summed E-state index contributed by atoms with van der Waals surface area (Å²) in [6.07, 6.45) is 4.33. The third-order valence-corrected chi connectivity index (χ3v) is 8.34. The molecular formula is C30H27NO7. The van der Waals surface area contributed by atoms with Crippen LogP contribution in [-0.4, -0.2) is 45.0 Å². The number of benzene rings is 1. The first-order valence-corrected chi connectivity index (χ1v) is 12.8. The number of aliphatic hydroxyl groups is 1. The molecule has 8 heteroatoms. The second-order valence-electron chi connectivity index (χ2n) is 10.4. The maximum atomic E-state index is 13.7. The molecule has 0 radical (unpaired) electrons. The minimum atomic E-state index is -0.654. The number of imide groups is 1. The number of hydrogen-bond donors (Lipinski definition) is 2. The van der Waals surface area contributed by atoms with Gasteiger partial charge in [0.05, 0.1) is 17.8 Å². The Balaban J connectivity index is 1.36. The molecule has 4 atom stereocenters. The van der Waals surface area contributed by atoms with Crippen molar-refractivity contribution >= 4 is 23.4 Å². The van der Waals surface area contributed by atoms with Crippen molar-refractivity contribution in [2.45, 2.75) is 38.7 Å². The number of aliphatic hydroxyl groups excluding tert-OH is 1. The summed E-state index contributed by atoms with van der Waals surface area (Å²) in [4.78, 5) is 54.9. The first-order chi connectivity index (χ1) is 18.3. The van der Waals surface area contributed by atoms with E-state index in [2.05, 4.69) is 0 Å². The summed E-state index contributed by atoms with van der Waals surface area (Å²) in [5.41, 5.74) is 2.82. The maximum Gasteiger partial charge on any atom is 0.233 e. The summed E-state index contributed by atoms with van der Waals surface area (Å²) in [6, 6.07) is 10.0. The number of likely N-dealkylation sites (tertiary alicyclic amines) is 1. The molecule has 0 spiro atoms. The van der Waals surface area contributed by atoms with Crippen molar-refractivity contribution in [3.63, 3.8) is 0 Å². The number of hydrogen-bond acceptors (Lipinski definition) is 7. The van der Waals surface area contributed by atoms with Crippen molar-refractivity contribution in [1.29, 1.82) is 0 Å². The summed E-state index contributed by atoms with van der Waals surface area (Å²) < 4.78 is 5.88. The number of Topliss-reactive ketones (excluding diaryl/α,β-unsaturated/α-hetero) is 1. The normalized spacial score (nSPS) is 26.7. The van der Waals surface area contributed by atoms with E-state index in [1.807, 2.05) is 6.08 Å². The van der Waals surface area contributed by atoms with Crippen LogP contribution in [0.25, 0.3) is 0 Å². The van der Waals surface area contributed by atoms with Crippen LogP contribution in [0.2, 0.25) is 0 Å². The van der Waals surface area contributed by atoms with E-state index in [1.165, 1.54) is 11.0 Å². The van der Waals surface area contributed by atoms with Crippen LogP contribution >= 0.6 is 0 Å². The number of nitrogens with zero attached hydrogens (tertiary/aromatic N) is 1. The summed E-state index contributed by atoms with van der Waals surface area (Å²) in [6.45, 7) is 1.54. The second kappa shape index (κ2) is 9.06. The van der Waals surface area contributed by atoms with Crippen molar-refractivity contribution in [3.05, 3.63) is 87.9 Å². The fourth-order valence-corrected chi connectivity index (χ4v) is 6.51. The lowest BCUT2D eigenvalue weighted by molar-refractivity contribution is -0.140. The SMILES string of the molecule is CC1=CC(=O)C2=C(C1=O)[C@@H](c1ccc(CO)o1)C1=CC[C@@H]3C(=O)N(CCc4ccc(O)cc4)C(=O)[C@@H]3[C@@H]1C2. The fourth-order valence-electron chi connectivity index (χ4n) is 6.51. The average Bonchev–Trinajstić information content (AvgIpc) is 3.48. The zero-order valence-electron chi connectivity index (χ0n) is 20.8. The van der Waals surface area contributed by atoms with Gasteiger partial charge in [-0.1, -0.05) is 23.8 Å². The van der Waals surface area contributed by atoms with Gasteiger partial charge in [-0.25, -0.2) is 0 Å². The number of furan rings is 1. The van der Waals surface area contributed by atoms with E-state index >= 15 is 0 Å². The molecule has 2 aromatic rings. The number of carbonyl (C=O) groups excluding carboxylic acids is 4.